The van der Waals surface area contributed by atoms with E-state index >= 15 is 0 Å². The van der Waals surface area contributed by atoms with Crippen molar-refractivity contribution in [2.45, 2.75) is 38.1 Å². The SMILES string of the molecule is O=c1ccc2cnc(Nc3ccc(-n4cccc4)cc3)nc2n1C1CCCCC1. The second kappa shape index (κ2) is 7.54. The molecule has 0 spiro atoms. The van der Waals surface area contributed by atoms with Crippen LogP contribution in [0.4, 0.5) is 11.6 Å². The van der Waals surface area contributed by atoms with Crippen LogP contribution in [0.5, 0.6) is 0 Å². The number of rotatable bonds is 4. The lowest BCUT2D eigenvalue weighted by Crippen LogP contribution is -2.26. The maximum Gasteiger partial charge on any atom is 0.252 e. The zero-order chi connectivity index (χ0) is 19.6. The summed E-state index contributed by atoms with van der Waals surface area (Å²) in [7, 11) is 0. The summed E-state index contributed by atoms with van der Waals surface area (Å²) < 4.78 is 3.93. The summed E-state index contributed by atoms with van der Waals surface area (Å²) in [5, 5.41) is 4.16. The van der Waals surface area contributed by atoms with E-state index in [1.165, 1.54) is 6.42 Å². The molecule has 1 aromatic carbocycles. The van der Waals surface area contributed by atoms with Crippen molar-refractivity contribution in [1.82, 2.24) is 19.1 Å². The molecule has 6 heteroatoms. The van der Waals surface area contributed by atoms with E-state index in [1.54, 1.807) is 12.3 Å². The Morgan fingerprint density at radius 1 is 0.931 bits per heavy atom. The van der Waals surface area contributed by atoms with Crippen molar-refractivity contribution in [2.75, 3.05) is 5.32 Å². The van der Waals surface area contributed by atoms with E-state index in [9.17, 15) is 4.79 Å². The van der Waals surface area contributed by atoms with Gasteiger partial charge in [0, 0.05) is 47.5 Å². The minimum atomic E-state index is 0.0186. The van der Waals surface area contributed by atoms with Crippen LogP contribution < -0.4 is 10.9 Å². The lowest BCUT2D eigenvalue weighted by molar-refractivity contribution is 0.353. The minimum absolute atomic E-state index is 0.0186. The molecule has 0 atom stereocenters. The summed E-state index contributed by atoms with van der Waals surface area (Å²) in [4.78, 5) is 21.8. The Morgan fingerprint density at radius 3 is 2.45 bits per heavy atom. The van der Waals surface area contributed by atoms with Crippen molar-refractivity contribution in [3.05, 3.63) is 77.5 Å². The van der Waals surface area contributed by atoms with Gasteiger partial charge in [-0.25, -0.2) is 4.98 Å². The largest absolute Gasteiger partial charge is 0.324 e. The zero-order valence-corrected chi connectivity index (χ0v) is 16.2. The summed E-state index contributed by atoms with van der Waals surface area (Å²) in [6.45, 7) is 0. The Balaban J connectivity index is 1.47. The third kappa shape index (κ3) is 3.53. The lowest BCUT2D eigenvalue weighted by atomic mass is 9.95. The Labute approximate surface area is 168 Å². The molecule has 4 aromatic rings. The van der Waals surface area contributed by atoms with Gasteiger partial charge in [-0.15, -0.1) is 0 Å². The van der Waals surface area contributed by atoms with Gasteiger partial charge in [0.25, 0.3) is 5.56 Å². The topological polar surface area (TPSA) is 64.7 Å². The number of pyridine rings is 1. The van der Waals surface area contributed by atoms with Crippen molar-refractivity contribution < 1.29 is 0 Å². The molecule has 0 unspecified atom stereocenters. The molecule has 1 aliphatic carbocycles. The Hall–Kier alpha value is -3.41. The van der Waals surface area contributed by atoms with E-state index in [2.05, 4.69) is 14.9 Å². The van der Waals surface area contributed by atoms with Crippen LogP contribution in [0, 0.1) is 0 Å². The van der Waals surface area contributed by atoms with Gasteiger partial charge in [-0.2, -0.15) is 4.98 Å². The van der Waals surface area contributed by atoms with Gasteiger partial charge in [0.15, 0.2) is 0 Å². The summed E-state index contributed by atoms with van der Waals surface area (Å²) in [6.07, 6.45) is 11.5. The van der Waals surface area contributed by atoms with Crippen LogP contribution >= 0.6 is 0 Å². The number of anilines is 2. The molecule has 0 aliphatic heterocycles. The van der Waals surface area contributed by atoms with Crippen molar-refractivity contribution >= 4 is 22.7 Å². The fourth-order valence-corrected chi connectivity index (χ4v) is 4.14. The standard InChI is InChI=1S/C23H23N5O/c29-21-13-8-17-16-24-23(26-22(17)28(21)20-6-2-1-3-7-20)25-18-9-11-19(12-10-18)27-14-4-5-15-27/h4-5,8-16,20H,1-3,6-7H2,(H,24,25,26). The lowest BCUT2D eigenvalue weighted by Gasteiger charge is -2.24. The summed E-state index contributed by atoms with van der Waals surface area (Å²) in [6, 6.07) is 15.8. The second-order valence-corrected chi connectivity index (χ2v) is 7.57. The molecule has 6 nitrogen and oxygen atoms in total. The average Bonchev–Trinajstić information content (AvgIpc) is 3.30. The van der Waals surface area contributed by atoms with Crippen LogP contribution in [0.1, 0.15) is 38.1 Å². The fraction of sp³-hybridized carbons (Fsp3) is 0.261. The maximum atomic E-state index is 12.6. The number of fused-ring (bicyclic) bond motifs is 1. The molecule has 1 N–H and O–H groups in total. The molecule has 0 amide bonds. The second-order valence-electron chi connectivity index (χ2n) is 7.57. The van der Waals surface area contributed by atoms with Gasteiger partial charge in [0.05, 0.1) is 0 Å². The quantitative estimate of drug-likeness (QED) is 0.546. The van der Waals surface area contributed by atoms with Crippen molar-refractivity contribution in [1.29, 1.82) is 0 Å². The highest BCUT2D eigenvalue weighted by Gasteiger charge is 2.19. The first-order chi connectivity index (χ1) is 14.3. The zero-order valence-electron chi connectivity index (χ0n) is 16.2. The van der Waals surface area contributed by atoms with E-state index in [-0.39, 0.29) is 11.6 Å². The Bertz CT molecular complexity index is 1170. The Kier molecular flexibility index (Phi) is 4.60. The molecule has 1 saturated carbocycles. The number of nitrogens with one attached hydrogen (secondary N) is 1. The van der Waals surface area contributed by atoms with E-state index in [0.29, 0.717) is 11.6 Å². The highest BCUT2D eigenvalue weighted by Crippen LogP contribution is 2.29. The molecule has 5 rings (SSSR count). The molecule has 0 bridgehead atoms. The molecule has 0 saturated heterocycles. The van der Waals surface area contributed by atoms with Gasteiger partial charge in [0.2, 0.25) is 5.95 Å². The normalized spacial score (nSPS) is 14.9. The first-order valence-electron chi connectivity index (χ1n) is 10.2. The van der Waals surface area contributed by atoms with Gasteiger partial charge in [-0.05, 0) is 55.3 Å². The first kappa shape index (κ1) is 17.7. The molecule has 3 heterocycles. The molecule has 146 valence electrons. The number of hydrogen-bond donors (Lipinski definition) is 1. The highest BCUT2D eigenvalue weighted by molar-refractivity contribution is 5.75. The van der Waals surface area contributed by atoms with Gasteiger partial charge >= 0.3 is 0 Å². The third-order valence-corrected chi connectivity index (χ3v) is 5.63. The van der Waals surface area contributed by atoms with E-state index in [4.69, 9.17) is 4.98 Å². The summed E-state index contributed by atoms with van der Waals surface area (Å²) in [5.74, 6) is 0.501. The van der Waals surface area contributed by atoms with Gasteiger partial charge in [0.1, 0.15) is 5.65 Å². The van der Waals surface area contributed by atoms with E-state index in [0.717, 1.165) is 42.4 Å². The molecular formula is C23H23N5O. The molecule has 3 aromatic heterocycles. The number of nitrogens with zero attached hydrogens (tertiary/aromatic N) is 4. The predicted octanol–water partition coefficient (Wildman–Crippen LogP) is 4.83. The van der Waals surface area contributed by atoms with E-state index in [1.807, 2.05) is 59.4 Å². The minimum Gasteiger partial charge on any atom is -0.324 e. The summed E-state index contributed by atoms with van der Waals surface area (Å²) in [5.41, 5.74) is 2.73. The monoisotopic (exact) mass is 385 g/mol. The third-order valence-electron chi connectivity index (χ3n) is 5.63. The van der Waals surface area contributed by atoms with Gasteiger partial charge in [-0.3, -0.25) is 9.36 Å². The number of hydrogen-bond acceptors (Lipinski definition) is 4. The predicted molar refractivity (Wildman–Crippen MR) is 115 cm³/mol. The average molecular weight is 385 g/mol. The molecule has 1 aliphatic rings. The highest BCUT2D eigenvalue weighted by atomic mass is 16.1. The molecular weight excluding hydrogens is 362 g/mol. The van der Waals surface area contributed by atoms with Crippen LogP contribution in [-0.2, 0) is 0 Å². The summed E-state index contributed by atoms with van der Waals surface area (Å²) >= 11 is 0. The van der Waals surface area contributed by atoms with Crippen LogP contribution in [0.2, 0.25) is 0 Å². The van der Waals surface area contributed by atoms with Crippen LogP contribution in [0.25, 0.3) is 16.7 Å². The molecule has 29 heavy (non-hydrogen) atoms. The maximum absolute atomic E-state index is 12.6. The van der Waals surface area contributed by atoms with E-state index < -0.39 is 0 Å². The van der Waals surface area contributed by atoms with Crippen molar-refractivity contribution in [3.8, 4) is 5.69 Å². The smallest absolute Gasteiger partial charge is 0.252 e. The van der Waals surface area contributed by atoms with Crippen molar-refractivity contribution in [3.63, 3.8) is 0 Å². The first-order valence-corrected chi connectivity index (χ1v) is 10.2. The number of benzene rings is 1. The van der Waals surface area contributed by atoms with Crippen LogP contribution in [-0.4, -0.2) is 19.1 Å². The van der Waals surface area contributed by atoms with Crippen LogP contribution in [0.15, 0.2) is 71.9 Å². The van der Waals surface area contributed by atoms with Gasteiger partial charge in [-0.1, -0.05) is 19.3 Å². The van der Waals surface area contributed by atoms with Gasteiger partial charge < -0.3 is 9.88 Å². The van der Waals surface area contributed by atoms with Crippen molar-refractivity contribution in [2.24, 2.45) is 0 Å². The van der Waals surface area contributed by atoms with Crippen LogP contribution in [0.3, 0.4) is 0 Å². The molecule has 1 fully saturated rings. The molecule has 0 radical (unpaired) electrons. The fourth-order valence-electron chi connectivity index (χ4n) is 4.14. The number of aromatic nitrogens is 4. The Morgan fingerprint density at radius 2 is 1.69 bits per heavy atom.